The van der Waals surface area contributed by atoms with Gasteiger partial charge in [0, 0.05) is 28.9 Å². The van der Waals surface area contributed by atoms with Crippen LogP contribution in [0, 0.1) is 5.82 Å². The summed E-state index contributed by atoms with van der Waals surface area (Å²) in [6.45, 7) is 16.2. The molecule has 0 amide bonds. The maximum absolute atomic E-state index is 13.0. The van der Waals surface area contributed by atoms with Crippen LogP contribution in [-0.4, -0.2) is 9.97 Å². The summed E-state index contributed by atoms with van der Waals surface area (Å²) in [6.07, 6.45) is 3.30. The molecule has 0 fully saturated rings. The molecule has 2 aromatic rings. The van der Waals surface area contributed by atoms with Gasteiger partial charge in [0.05, 0.1) is 10.7 Å². The molecule has 0 saturated carbocycles. The van der Waals surface area contributed by atoms with E-state index in [0.29, 0.717) is 10.7 Å². The second-order valence-electron chi connectivity index (χ2n) is 7.20. The van der Waals surface area contributed by atoms with E-state index >= 15 is 0 Å². The minimum Gasteiger partial charge on any atom is -0.259 e. The molecule has 0 aliphatic carbocycles. The lowest BCUT2D eigenvalue weighted by Gasteiger charge is -2.17. The summed E-state index contributed by atoms with van der Waals surface area (Å²) in [5.74, 6) is -0.222. The third-order valence-electron chi connectivity index (χ3n) is 2.96. The van der Waals surface area contributed by atoms with E-state index in [1.54, 1.807) is 18.5 Å². The smallest absolute Gasteiger partial charge is 0.145 e. The molecule has 2 aromatic heterocycles. The van der Waals surface area contributed by atoms with Gasteiger partial charge in [0.2, 0.25) is 0 Å². The Morgan fingerprint density at radius 1 is 0.875 bits per heavy atom. The first-order valence-corrected chi connectivity index (χ1v) is 8.62. The summed E-state index contributed by atoms with van der Waals surface area (Å²) in [5.41, 5.74) is 1.51. The van der Waals surface area contributed by atoms with Crippen LogP contribution in [0.25, 0.3) is 0 Å². The Hall–Kier alpha value is -1.48. The molecule has 2 nitrogen and oxygen atoms in total. The van der Waals surface area contributed by atoms with Crippen LogP contribution in [0.1, 0.15) is 66.8 Å². The second-order valence-corrected chi connectivity index (χ2v) is 7.63. The van der Waals surface area contributed by atoms with Crippen LogP contribution in [0.4, 0.5) is 4.39 Å². The molecule has 2 heterocycles. The van der Waals surface area contributed by atoms with Gasteiger partial charge in [0.15, 0.2) is 0 Å². The molecular weight excluding hydrogens is 323 g/mol. The van der Waals surface area contributed by atoms with E-state index in [4.69, 9.17) is 11.6 Å². The van der Waals surface area contributed by atoms with Gasteiger partial charge >= 0.3 is 0 Å². The number of pyridine rings is 2. The average molecular weight is 353 g/mol. The Bertz CT molecular complexity index is 596. The largest absolute Gasteiger partial charge is 0.259 e. The second kappa shape index (κ2) is 9.73. The van der Waals surface area contributed by atoms with Crippen LogP contribution in [0.5, 0.6) is 0 Å². The molecule has 4 heteroatoms. The fourth-order valence-corrected chi connectivity index (χ4v) is 1.87. The first-order valence-electron chi connectivity index (χ1n) is 8.25. The van der Waals surface area contributed by atoms with Gasteiger partial charge in [-0.1, -0.05) is 67.0 Å². The van der Waals surface area contributed by atoms with Crippen molar-refractivity contribution in [1.82, 2.24) is 9.97 Å². The van der Waals surface area contributed by atoms with Crippen molar-refractivity contribution in [2.45, 2.75) is 66.2 Å². The molecule has 0 spiro atoms. The molecule has 0 unspecified atom stereocenters. The Morgan fingerprint density at radius 3 is 1.79 bits per heavy atom. The van der Waals surface area contributed by atoms with Crippen LogP contribution in [0.2, 0.25) is 5.02 Å². The molecule has 0 bridgehead atoms. The lowest BCUT2D eigenvalue weighted by molar-refractivity contribution is 0.503. The third-order valence-corrected chi connectivity index (χ3v) is 3.19. The highest BCUT2D eigenvalue weighted by Gasteiger charge is 2.18. The molecule has 0 aliphatic rings. The predicted molar refractivity (Wildman–Crippen MR) is 102 cm³/mol. The SMILES string of the molecule is CC.CC(C)(C)c1ccc(Cl)cn1.CC(C)(C)c1ncccc1F. The quantitative estimate of drug-likeness (QED) is 0.535. The first-order chi connectivity index (χ1) is 11.0. The van der Waals surface area contributed by atoms with E-state index in [-0.39, 0.29) is 16.6 Å². The molecule has 0 N–H and O–H groups in total. The molecule has 0 saturated heterocycles. The van der Waals surface area contributed by atoms with Gasteiger partial charge in [0.1, 0.15) is 5.82 Å². The zero-order valence-electron chi connectivity index (χ0n) is 16.1. The standard InChI is InChI=1S/C9H12ClN.C9H12FN.C2H6/c1-9(2,3)8-5-4-7(10)6-11-8;1-9(2,3)8-7(10)5-4-6-11-8;1-2/h2*4-6H,1-3H3;1-2H3. The Morgan fingerprint density at radius 2 is 1.46 bits per heavy atom. The third kappa shape index (κ3) is 7.87. The zero-order chi connectivity index (χ0) is 19.0. The van der Waals surface area contributed by atoms with Crippen molar-refractivity contribution in [3.05, 3.63) is 58.9 Å². The van der Waals surface area contributed by atoms with Gasteiger partial charge in [-0.25, -0.2) is 4.39 Å². The highest BCUT2D eigenvalue weighted by atomic mass is 35.5. The molecule has 134 valence electrons. The topological polar surface area (TPSA) is 25.8 Å². The lowest BCUT2D eigenvalue weighted by Crippen LogP contribution is -2.15. The molecule has 24 heavy (non-hydrogen) atoms. The number of hydrogen-bond donors (Lipinski definition) is 0. The molecule has 0 aliphatic heterocycles. The summed E-state index contributed by atoms with van der Waals surface area (Å²) < 4.78 is 13.0. The van der Waals surface area contributed by atoms with Crippen molar-refractivity contribution < 1.29 is 4.39 Å². The highest BCUT2D eigenvalue weighted by Crippen LogP contribution is 2.22. The number of hydrogen-bond acceptors (Lipinski definition) is 2. The van der Waals surface area contributed by atoms with Gasteiger partial charge < -0.3 is 0 Å². The Balaban J connectivity index is 0.000000400. The molecular formula is C20H30ClFN2. The summed E-state index contributed by atoms with van der Waals surface area (Å²) in [6, 6.07) is 6.87. The van der Waals surface area contributed by atoms with Crippen molar-refractivity contribution in [3.8, 4) is 0 Å². The van der Waals surface area contributed by atoms with Gasteiger partial charge in [-0.15, -0.1) is 0 Å². The minimum atomic E-state index is -0.222. The Kier molecular flexibility index (Phi) is 9.13. The fraction of sp³-hybridized carbons (Fsp3) is 0.500. The monoisotopic (exact) mass is 352 g/mol. The summed E-state index contributed by atoms with van der Waals surface area (Å²) >= 11 is 5.70. The van der Waals surface area contributed by atoms with Crippen molar-refractivity contribution in [2.75, 3.05) is 0 Å². The molecule has 0 atom stereocenters. The number of rotatable bonds is 0. The van der Waals surface area contributed by atoms with Crippen LogP contribution < -0.4 is 0 Å². The van der Waals surface area contributed by atoms with Gasteiger partial charge in [-0.2, -0.15) is 0 Å². The van der Waals surface area contributed by atoms with Crippen LogP contribution in [0.3, 0.4) is 0 Å². The van der Waals surface area contributed by atoms with E-state index in [0.717, 1.165) is 5.69 Å². The maximum atomic E-state index is 13.0. The average Bonchev–Trinajstić information content (AvgIpc) is 2.49. The molecule has 0 radical (unpaired) electrons. The van der Waals surface area contributed by atoms with Crippen LogP contribution in [-0.2, 0) is 10.8 Å². The van der Waals surface area contributed by atoms with E-state index < -0.39 is 0 Å². The van der Waals surface area contributed by atoms with Gasteiger partial charge in [-0.3, -0.25) is 9.97 Å². The normalized spacial score (nSPS) is 10.9. The zero-order valence-corrected chi connectivity index (χ0v) is 16.9. The minimum absolute atomic E-state index is 0.116. The highest BCUT2D eigenvalue weighted by molar-refractivity contribution is 6.30. The first kappa shape index (κ1) is 22.5. The molecule has 0 aromatic carbocycles. The maximum Gasteiger partial charge on any atom is 0.145 e. The number of halogens is 2. The summed E-state index contributed by atoms with van der Waals surface area (Å²) in [5, 5.41) is 0.693. The van der Waals surface area contributed by atoms with Crippen molar-refractivity contribution in [2.24, 2.45) is 0 Å². The Labute approximate surface area is 151 Å². The molecule has 2 rings (SSSR count). The van der Waals surface area contributed by atoms with Gasteiger partial charge in [-0.05, 0) is 24.3 Å². The van der Waals surface area contributed by atoms with Crippen LogP contribution in [0.15, 0.2) is 36.7 Å². The van der Waals surface area contributed by atoms with Crippen molar-refractivity contribution in [3.63, 3.8) is 0 Å². The van der Waals surface area contributed by atoms with Crippen molar-refractivity contribution in [1.29, 1.82) is 0 Å². The number of aromatic nitrogens is 2. The fourth-order valence-electron chi connectivity index (χ4n) is 1.76. The van der Waals surface area contributed by atoms with Crippen LogP contribution >= 0.6 is 11.6 Å². The van der Waals surface area contributed by atoms with E-state index in [9.17, 15) is 4.39 Å². The number of nitrogens with zero attached hydrogens (tertiary/aromatic N) is 2. The van der Waals surface area contributed by atoms with Crippen molar-refractivity contribution >= 4 is 11.6 Å². The predicted octanol–water partition coefficient (Wildman–Crippen LogP) is 6.58. The van der Waals surface area contributed by atoms with E-state index in [1.165, 1.54) is 6.07 Å². The summed E-state index contributed by atoms with van der Waals surface area (Å²) in [4.78, 5) is 8.19. The van der Waals surface area contributed by atoms with E-state index in [1.807, 2.05) is 46.8 Å². The summed E-state index contributed by atoms with van der Waals surface area (Å²) in [7, 11) is 0. The van der Waals surface area contributed by atoms with E-state index in [2.05, 4.69) is 30.7 Å². The van der Waals surface area contributed by atoms with Gasteiger partial charge in [0.25, 0.3) is 0 Å². The lowest BCUT2D eigenvalue weighted by atomic mass is 9.91.